The van der Waals surface area contributed by atoms with Gasteiger partial charge in [0.2, 0.25) is 0 Å². The first-order valence-electron chi connectivity index (χ1n) is 9.68. The molecule has 0 saturated carbocycles. The lowest BCUT2D eigenvalue weighted by atomic mass is 10.0. The molecule has 2 aliphatic rings. The van der Waals surface area contributed by atoms with Crippen molar-refractivity contribution in [1.29, 1.82) is 0 Å². The number of aromatic amines is 1. The molecule has 148 valence electrons. The summed E-state index contributed by atoms with van der Waals surface area (Å²) in [4.78, 5) is 37.4. The van der Waals surface area contributed by atoms with Crippen LogP contribution in [0.1, 0.15) is 23.2 Å². The fourth-order valence-corrected chi connectivity index (χ4v) is 4.10. The molecule has 2 fully saturated rings. The lowest BCUT2D eigenvalue weighted by Gasteiger charge is -2.43. The van der Waals surface area contributed by atoms with Crippen molar-refractivity contribution in [2.45, 2.75) is 18.9 Å². The van der Waals surface area contributed by atoms with E-state index in [9.17, 15) is 14.0 Å². The van der Waals surface area contributed by atoms with Crippen LogP contribution < -0.4 is 10.5 Å². The van der Waals surface area contributed by atoms with Gasteiger partial charge in [0.15, 0.2) is 0 Å². The third-order valence-corrected chi connectivity index (χ3v) is 5.66. The van der Waals surface area contributed by atoms with Gasteiger partial charge in [-0.15, -0.1) is 0 Å². The summed E-state index contributed by atoms with van der Waals surface area (Å²) in [6.45, 7) is 4.84. The average molecular weight is 385 g/mol. The average Bonchev–Trinajstić information content (AvgIpc) is 2.74. The van der Waals surface area contributed by atoms with Crippen LogP contribution in [0, 0.1) is 5.82 Å². The van der Waals surface area contributed by atoms with Gasteiger partial charge in [0.1, 0.15) is 11.4 Å². The minimum Gasteiger partial charge on any atom is -0.369 e. The quantitative estimate of drug-likeness (QED) is 0.863. The Kier molecular flexibility index (Phi) is 5.38. The van der Waals surface area contributed by atoms with Gasteiger partial charge in [0, 0.05) is 57.2 Å². The first-order valence-corrected chi connectivity index (χ1v) is 9.68. The molecule has 1 aromatic heterocycles. The Morgan fingerprint density at radius 3 is 2.57 bits per heavy atom. The highest BCUT2D eigenvalue weighted by molar-refractivity contribution is 5.93. The van der Waals surface area contributed by atoms with Crippen molar-refractivity contribution in [3.05, 3.63) is 58.5 Å². The number of hydrogen-bond donors (Lipinski definition) is 1. The number of nitrogens with one attached hydrogen (secondary N) is 1. The second-order valence-corrected chi connectivity index (χ2v) is 7.34. The topological polar surface area (TPSA) is 72.5 Å². The van der Waals surface area contributed by atoms with E-state index in [1.807, 2.05) is 12.1 Å². The Balaban J connectivity index is 1.36. The summed E-state index contributed by atoms with van der Waals surface area (Å²) in [5.41, 5.74) is 0.747. The van der Waals surface area contributed by atoms with E-state index in [2.05, 4.69) is 19.8 Å². The lowest BCUT2D eigenvalue weighted by Crippen LogP contribution is -2.56. The Hall–Kier alpha value is -2.74. The van der Waals surface area contributed by atoms with Crippen LogP contribution in [-0.4, -0.2) is 71.0 Å². The molecule has 0 bridgehead atoms. The first kappa shape index (κ1) is 18.6. The molecule has 0 unspecified atom stereocenters. The summed E-state index contributed by atoms with van der Waals surface area (Å²) in [6, 6.07) is 6.91. The Labute approximate surface area is 162 Å². The molecular formula is C20H24FN5O2. The van der Waals surface area contributed by atoms with Gasteiger partial charge in [0.05, 0.1) is 6.33 Å². The summed E-state index contributed by atoms with van der Waals surface area (Å²) < 4.78 is 13.1. The molecule has 7 nitrogen and oxygen atoms in total. The molecule has 2 saturated heterocycles. The maximum Gasteiger partial charge on any atom is 0.263 e. The molecule has 1 N–H and O–H groups in total. The molecule has 3 heterocycles. The summed E-state index contributed by atoms with van der Waals surface area (Å²) in [6.07, 6.45) is 4.60. The Morgan fingerprint density at radius 2 is 1.86 bits per heavy atom. The second-order valence-electron chi connectivity index (χ2n) is 7.34. The third kappa shape index (κ3) is 3.91. The molecule has 2 aromatic rings. The molecule has 2 aliphatic heterocycles. The fraction of sp³-hybridized carbons (Fsp3) is 0.450. The van der Waals surface area contributed by atoms with Crippen LogP contribution in [0.4, 0.5) is 10.1 Å². The highest BCUT2D eigenvalue weighted by Crippen LogP contribution is 2.22. The van der Waals surface area contributed by atoms with E-state index < -0.39 is 5.56 Å². The van der Waals surface area contributed by atoms with Crippen LogP contribution in [0.5, 0.6) is 0 Å². The largest absolute Gasteiger partial charge is 0.369 e. The smallest absolute Gasteiger partial charge is 0.263 e. The number of amides is 1. The van der Waals surface area contributed by atoms with E-state index in [4.69, 9.17) is 0 Å². The van der Waals surface area contributed by atoms with Crippen LogP contribution in [-0.2, 0) is 0 Å². The maximum atomic E-state index is 13.1. The van der Waals surface area contributed by atoms with E-state index in [0.29, 0.717) is 19.1 Å². The van der Waals surface area contributed by atoms with Gasteiger partial charge >= 0.3 is 0 Å². The van der Waals surface area contributed by atoms with Crippen LogP contribution in [0.2, 0.25) is 0 Å². The Bertz CT molecular complexity index is 877. The van der Waals surface area contributed by atoms with E-state index in [0.717, 1.165) is 44.7 Å². The molecule has 8 heteroatoms. The lowest BCUT2D eigenvalue weighted by molar-refractivity contribution is 0.0561. The Morgan fingerprint density at radius 1 is 1.11 bits per heavy atom. The van der Waals surface area contributed by atoms with E-state index in [-0.39, 0.29) is 17.3 Å². The number of nitrogens with zero attached hydrogens (tertiary/aromatic N) is 4. The standard InChI is InChI=1S/C20H24FN5O2/c21-15-3-5-16(6-4-15)24-8-10-25(11-9-24)17-2-1-7-26(13-17)20(28)18-12-22-14-23-19(18)27/h3-6,12,14,17H,1-2,7-11,13H2,(H,22,23,27)/t17-/m0/s1. The van der Waals surface area contributed by atoms with Crippen LogP contribution in [0.25, 0.3) is 0 Å². The highest BCUT2D eigenvalue weighted by atomic mass is 19.1. The number of halogens is 1. The van der Waals surface area contributed by atoms with Gasteiger partial charge in [-0.3, -0.25) is 14.5 Å². The molecule has 1 aromatic carbocycles. The van der Waals surface area contributed by atoms with Crippen LogP contribution in [0.3, 0.4) is 0 Å². The number of carbonyl (C=O) groups excluding carboxylic acids is 1. The molecule has 0 aliphatic carbocycles. The predicted octanol–water partition coefficient (Wildman–Crippen LogP) is 1.34. The maximum absolute atomic E-state index is 13.1. The summed E-state index contributed by atoms with van der Waals surface area (Å²) in [5, 5.41) is 0. The zero-order valence-corrected chi connectivity index (χ0v) is 15.7. The summed E-state index contributed by atoms with van der Waals surface area (Å²) in [7, 11) is 0. The molecule has 1 atom stereocenters. The van der Waals surface area contributed by atoms with E-state index in [1.165, 1.54) is 24.7 Å². The summed E-state index contributed by atoms with van der Waals surface area (Å²) >= 11 is 0. The van der Waals surface area contributed by atoms with E-state index in [1.54, 1.807) is 4.90 Å². The number of carbonyl (C=O) groups is 1. The van der Waals surface area contributed by atoms with Crippen LogP contribution >= 0.6 is 0 Å². The van der Waals surface area contributed by atoms with Crippen molar-refractivity contribution in [2.75, 3.05) is 44.2 Å². The first-order chi connectivity index (χ1) is 13.6. The van der Waals surface area contributed by atoms with Crippen molar-refractivity contribution in [3.8, 4) is 0 Å². The van der Waals surface area contributed by atoms with Gasteiger partial charge in [-0.1, -0.05) is 0 Å². The minimum atomic E-state index is -0.393. The number of H-pyrrole nitrogens is 1. The molecule has 4 rings (SSSR count). The zero-order chi connectivity index (χ0) is 19.5. The molecule has 0 radical (unpaired) electrons. The van der Waals surface area contributed by atoms with Crippen LogP contribution in [0.15, 0.2) is 41.6 Å². The molecule has 0 spiro atoms. The highest BCUT2D eigenvalue weighted by Gasteiger charge is 2.31. The zero-order valence-electron chi connectivity index (χ0n) is 15.7. The third-order valence-electron chi connectivity index (χ3n) is 5.66. The van der Waals surface area contributed by atoms with Crippen molar-refractivity contribution >= 4 is 11.6 Å². The normalized spacial score (nSPS) is 21.0. The molecular weight excluding hydrogens is 361 g/mol. The number of likely N-dealkylation sites (tertiary alicyclic amines) is 1. The number of anilines is 1. The number of benzene rings is 1. The number of rotatable bonds is 3. The number of piperazine rings is 1. The van der Waals surface area contributed by atoms with Gasteiger partial charge < -0.3 is 14.8 Å². The molecule has 28 heavy (non-hydrogen) atoms. The van der Waals surface area contributed by atoms with Gasteiger partial charge in [-0.2, -0.15) is 0 Å². The number of piperidine rings is 1. The van der Waals surface area contributed by atoms with Crippen molar-refractivity contribution in [2.24, 2.45) is 0 Å². The minimum absolute atomic E-state index is 0.101. The fourth-order valence-electron chi connectivity index (χ4n) is 4.10. The second kappa shape index (κ2) is 8.10. The summed E-state index contributed by atoms with van der Waals surface area (Å²) in [5.74, 6) is -0.467. The predicted molar refractivity (Wildman–Crippen MR) is 104 cm³/mol. The van der Waals surface area contributed by atoms with E-state index >= 15 is 0 Å². The van der Waals surface area contributed by atoms with Crippen molar-refractivity contribution < 1.29 is 9.18 Å². The van der Waals surface area contributed by atoms with Crippen molar-refractivity contribution in [1.82, 2.24) is 19.8 Å². The molecule has 1 amide bonds. The van der Waals surface area contributed by atoms with Gasteiger partial charge in [-0.25, -0.2) is 9.37 Å². The van der Waals surface area contributed by atoms with Crippen molar-refractivity contribution in [3.63, 3.8) is 0 Å². The number of hydrogen-bond acceptors (Lipinski definition) is 5. The van der Waals surface area contributed by atoms with Gasteiger partial charge in [0.25, 0.3) is 11.5 Å². The monoisotopic (exact) mass is 385 g/mol. The van der Waals surface area contributed by atoms with Gasteiger partial charge in [-0.05, 0) is 37.1 Å². The number of aromatic nitrogens is 2. The SMILES string of the molecule is O=C(c1cnc[nH]c1=O)N1CCC[C@H](N2CCN(c3ccc(F)cc3)CC2)C1.